The highest BCUT2D eigenvalue weighted by molar-refractivity contribution is 7.80. The number of hydrogen-bond donors (Lipinski definition) is 5. The van der Waals surface area contributed by atoms with Gasteiger partial charge in [-0.15, -0.1) is 0 Å². The van der Waals surface area contributed by atoms with E-state index in [1.54, 1.807) is 39.0 Å². The van der Waals surface area contributed by atoms with Crippen molar-refractivity contribution in [1.82, 2.24) is 20.9 Å². The van der Waals surface area contributed by atoms with Gasteiger partial charge in [-0.2, -0.15) is 12.6 Å². The average Bonchev–Trinajstić information content (AvgIpc) is 2.78. The Morgan fingerprint density at radius 1 is 1.30 bits per heavy atom. The normalized spacial score (nSPS) is 24.6. The van der Waals surface area contributed by atoms with Gasteiger partial charge in [0.2, 0.25) is 5.91 Å². The second-order valence-corrected chi connectivity index (χ2v) is 8.35. The Bertz CT molecular complexity index is 903. The molecule has 0 aromatic carbocycles. The van der Waals surface area contributed by atoms with Crippen LogP contribution in [0.4, 0.5) is 0 Å². The predicted octanol–water partition coefficient (Wildman–Crippen LogP) is 1.46. The zero-order valence-electron chi connectivity index (χ0n) is 19.1. The molecular formula is C23H32N4O5S. The molecule has 1 aliphatic heterocycles. The Morgan fingerprint density at radius 2 is 2.06 bits per heavy atom. The Morgan fingerprint density at radius 3 is 2.73 bits per heavy atom. The van der Waals surface area contributed by atoms with Crippen LogP contribution in [-0.2, 0) is 20.9 Å². The van der Waals surface area contributed by atoms with E-state index in [1.165, 1.54) is 12.1 Å². The lowest BCUT2D eigenvalue weighted by atomic mass is 10.0. The number of ether oxygens (including phenoxy) is 1. The van der Waals surface area contributed by atoms with E-state index >= 15 is 0 Å². The summed E-state index contributed by atoms with van der Waals surface area (Å²) in [4.78, 5) is 42.4. The lowest BCUT2D eigenvalue weighted by molar-refractivity contribution is -0.152. The topological polar surface area (TPSA) is 130 Å². The first-order chi connectivity index (χ1) is 15.7. The lowest BCUT2D eigenvalue weighted by Crippen LogP contribution is -2.51. The quantitative estimate of drug-likeness (QED) is 0.253. The fraction of sp³-hybridized carbons (Fsp3) is 0.478. The largest absolute Gasteiger partial charge is 0.456 e. The third-order valence-corrected chi connectivity index (χ3v) is 5.19. The number of rotatable bonds is 4. The Balaban J connectivity index is 2.38. The molecule has 0 spiro atoms. The van der Waals surface area contributed by atoms with Crippen LogP contribution in [0.15, 0.2) is 42.1 Å². The first-order valence-electron chi connectivity index (χ1n) is 10.9. The maximum atomic E-state index is 12.9. The van der Waals surface area contributed by atoms with Crippen LogP contribution in [-0.4, -0.2) is 52.0 Å². The van der Waals surface area contributed by atoms with Gasteiger partial charge in [0.25, 0.3) is 5.91 Å². The third-order valence-electron chi connectivity index (χ3n) is 4.93. The van der Waals surface area contributed by atoms with Crippen molar-refractivity contribution < 1.29 is 24.2 Å². The second-order valence-electron chi connectivity index (χ2n) is 7.90. The number of amides is 2. The molecule has 1 aromatic heterocycles. The average molecular weight is 477 g/mol. The van der Waals surface area contributed by atoms with Gasteiger partial charge in [0.05, 0.1) is 24.4 Å². The molecule has 3 atom stereocenters. The molecule has 0 radical (unpaired) electrons. The summed E-state index contributed by atoms with van der Waals surface area (Å²) < 4.78 is 5.62. The van der Waals surface area contributed by atoms with Crippen molar-refractivity contribution in [1.29, 1.82) is 0 Å². The summed E-state index contributed by atoms with van der Waals surface area (Å²) in [5, 5.41) is 18.9. The molecule has 33 heavy (non-hydrogen) atoms. The van der Waals surface area contributed by atoms with Crippen LogP contribution in [0.3, 0.4) is 0 Å². The lowest BCUT2D eigenvalue weighted by Gasteiger charge is -2.27. The fourth-order valence-corrected chi connectivity index (χ4v) is 3.28. The van der Waals surface area contributed by atoms with Crippen molar-refractivity contribution in [3.05, 3.63) is 53.5 Å². The number of nitrogens with one attached hydrogen (secondary N) is 3. The van der Waals surface area contributed by atoms with Gasteiger partial charge in [0, 0.05) is 0 Å². The van der Waals surface area contributed by atoms with Crippen LogP contribution in [0.1, 0.15) is 49.8 Å². The minimum Gasteiger partial charge on any atom is -0.456 e. The van der Waals surface area contributed by atoms with Gasteiger partial charge in [-0.3, -0.25) is 19.7 Å². The number of aliphatic hydroxyl groups excluding tert-OH is 1. The van der Waals surface area contributed by atoms with Crippen molar-refractivity contribution >= 4 is 30.4 Å². The molecule has 10 heteroatoms. The smallest absolute Gasteiger partial charge is 0.324 e. The highest BCUT2D eigenvalue weighted by Crippen LogP contribution is 2.12. The van der Waals surface area contributed by atoms with Gasteiger partial charge < -0.3 is 20.5 Å². The number of aromatic nitrogens is 1. The molecule has 180 valence electrons. The van der Waals surface area contributed by atoms with Gasteiger partial charge in [0.1, 0.15) is 24.1 Å². The number of allylic oxidation sites excluding steroid dienone is 2. The molecule has 2 unspecified atom stereocenters. The standard InChI is InChI=1S/C23H32N4O5S/c1-4-17-21(29)27-20(14(2)3)23(31)32-16(9-5-6-11-33)12-19(28)24-13-15-8-7-10-18(25-15)22(30)26-17/h4-5,7-10,14,16,20-21,27,29,33H,6,11-13H2,1-3H3,(H,24,28)(H,26,30)/b9-5+,17-4-/t16-,20?,21?/m1/s1. The van der Waals surface area contributed by atoms with Crippen LogP contribution >= 0.6 is 12.6 Å². The van der Waals surface area contributed by atoms with Crippen molar-refractivity contribution in [3.63, 3.8) is 0 Å². The molecule has 1 aliphatic rings. The summed E-state index contributed by atoms with van der Waals surface area (Å²) in [7, 11) is 0. The number of pyridine rings is 1. The first kappa shape index (κ1) is 26.6. The van der Waals surface area contributed by atoms with E-state index in [-0.39, 0.29) is 36.2 Å². The molecular weight excluding hydrogens is 444 g/mol. The van der Waals surface area contributed by atoms with Crippen LogP contribution in [0.2, 0.25) is 0 Å². The van der Waals surface area contributed by atoms with E-state index in [9.17, 15) is 19.5 Å². The number of nitrogens with zero attached hydrogens (tertiary/aromatic N) is 1. The number of esters is 1. The molecule has 2 rings (SSSR count). The van der Waals surface area contributed by atoms with E-state index in [4.69, 9.17) is 4.74 Å². The SMILES string of the molecule is C/C=C1\NC(=O)c2cccc(n2)CNC(=O)C[C@@H](/C=C/CCS)OC(=O)C(C(C)C)NC1O. The summed E-state index contributed by atoms with van der Waals surface area (Å²) in [6, 6.07) is 4.00. The molecule has 2 amide bonds. The third kappa shape index (κ3) is 8.30. The highest BCUT2D eigenvalue weighted by atomic mass is 32.1. The maximum Gasteiger partial charge on any atom is 0.324 e. The fourth-order valence-electron chi connectivity index (χ4n) is 3.13. The van der Waals surface area contributed by atoms with Gasteiger partial charge >= 0.3 is 5.97 Å². The molecule has 9 nitrogen and oxygen atoms in total. The summed E-state index contributed by atoms with van der Waals surface area (Å²) in [5.74, 6) is -1.10. The van der Waals surface area contributed by atoms with E-state index in [2.05, 4.69) is 33.6 Å². The first-order valence-corrected chi connectivity index (χ1v) is 11.5. The van der Waals surface area contributed by atoms with Crippen molar-refractivity contribution in [2.24, 2.45) is 5.92 Å². The Hall–Kier alpha value is -2.69. The van der Waals surface area contributed by atoms with E-state index in [1.807, 2.05) is 6.08 Å². The molecule has 2 heterocycles. The second kappa shape index (κ2) is 13.1. The Labute approximate surface area is 199 Å². The van der Waals surface area contributed by atoms with Crippen LogP contribution in [0.25, 0.3) is 0 Å². The molecule has 0 aliphatic carbocycles. The number of fused-ring (bicyclic) bond motifs is 2. The van der Waals surface area contributed by atoms with Gasteiger partial charge in [0.15, 0.2) is 0 Å². The predicted molar refractivity (Wildman–Crippen MR) is 127 cm³/mol. The van der Waals surface area contributed by atoms with Crippen molar-refractivity contribution in [2.75, 3.05) is 5.75 Å². The number of aliphatic hydroxyl groups is 1. The number of carbonyl (C=O) groups excluding carboxylic acids is 3. The molecule has 0 fully saturated rings. The summed E-state index contributed by atoms with van der Waals surface area (Å²) in [6.45, 7) is 5.36. The monoisotopic (exact) mass is 476 g/mol. The molecule has 1 aromatic rings. The number of hydrogen-bond acceptors (Lipinski definition) is 8. The zero-order valence-corrected chi connectivity index (χ0v) is 20.0. The van der Waals surface area contributed by atoms with Crippen molar-refractivity contribution in [2.45, 2.75) is 58.5 Å². The zero-order chi connectivity index (χ0) is 24.4. The summed E-state index contributed by atoms with van der Waals surface area (Å²) >= 11 is 4.16. The minimum absolute atomic E-state index is 0.0809. The minimum atomic E-state index is -1.34. The number of carbonyl (C=O) groups is 3. The molecule has 0 saturated carbocycles. The van der Waals surface area contributed by atoms with Crippen LogP contribution in [0, 0.1) is 5.92 Å². The van der Waals surface area contributed by atoms with E-state index in [0.717, 1.165) is 0 Å². The van der Waals surface area contributed by atoms with Crippen LogP contribution in [0.5, 0.6) is 0 Å². The van der Waals surface area contributed by atoms with Crippen LogP contribution < -0.4 is 16.0 Å². The van der Waals surface area contributed by atoms with Gasteiger partial charge in [-0.05, 0) is 43.2 Å². The molecule has 0 saturated heterocycles. The van der Waals surface area contributed by atoms with Crippen molar-refractivity contribution in [3.8, 4) is 0 Å². The summed E-state index contributed by atoms with van der Waals surface area (Å²) in [6.07, 6.45) is 3.46. The van der Waals surface area contributed by atoms with Gasteiger partial charge in [-0.25, -0.2) is 4.98 Å². The number of cyclic esters (lactones) is 1. The maximum absolute atomic E-state index is 12.9. The number of thiol groups is 1. The van der Waals surface area contributed by atoms with E-state index < -0.39 is 30.3 Å². The summed E-state index contributed by atoms with van der Waals surface area (Å²) in [5.41, 5.74) is 0.798. The Kier molecular flexibility index (Phi) is 10.6. The molecule has 4 N–H and O–H groups in total. The highest BCUT2D eigenvalue weighted by Gasteiger charge is 2.30. The molecule has 2 bridgehead atoms. The van der Waals surface area contributed by atoms with Gasteiger partial charge in [-0.1, -0.05) is 32.1 Å². The van der Waals surface area contributed by atoms with E-state index in [0.29, 0.717) is 17.9 Å².